The van der Waals surface area contributed by atoms with Crippen LogP contribution < -0.4 is 10.6 Å². The van der Waals surface area contributed by atoms with Crippen LogP contribution in [0.2, 0.25) is 0 Å². The van der Waals surface area contributed by atoms with Crippen LogP contribution in [-0.4, -0.2) is 29.5 Å². The largest absolute Gasteiger partial charge is 0.373 e. The molecule has 2 heterocycles. The van der Waals surface area contributed by atoms with Gasteiger partial charge in [-0.25, -0.2) is 4.98 Å². The van der Waals surface area contributed by atoms with E-state index in [4.69, 9.17) is 0 Å². The molecule has 0 saturated carbocycles. The van der Waals surface area contributed by atoms with E-state index in [0.29, 0.717) is 12.1 Å². The molecule has 0 atom stereocenters. The van der Waals surface area contributed by atoms with E-state index >= 15 is 0 Å². The van der Waals surface area contributed by atoms with Crippen LogP contribution in [0.15, 0.2) is 42.9 Å². The van der Waals surface area contributed by atoms with E-state index in [1.54, 1.807) is 37.8 Å². The van der Waals surface area contributed by atoms with E-state index in [1.807, 2.05) is 12.1 Å². The second-order valence-electron chi connectivity index (χ2n) is 4.04. The second kappa shape index (κ2) is 6.49. The van der Waals surface area contributed by atoms with Crippen molar-refractivity contribution in [2.75, 3.05) is 18.9 Å². The third-order valence-electron chi connectivity index (χ3n) is 2.73. The van der Waals surface area contributed by atoms with Gasteiger partial charge >= 0.3 is 0 Å². The summed E-state index contributed by atoms with van der Waals surface area (Å²) in [5.41, 5.74) is 1.72. The van der Waals surface area contributed by atoms with E-state index in [1.165, 1.54) is 0 Å². The average molecular weight is 256 g/mol. The normalized spacial score (nSPS) is 9.95. The molecular formula is C14H16N4O. The Hall–Kier alpha value is -2.43. The van der Waals surface area contributed by atoms with Gasteiger partial charge in [0, 0.05) is 32.2 Å². The van der Waals surface area contributed by atoms with Gasteiger partial charge in [-0.05, 0) is 36.2 Å². The van der Waals surface area contributed by atoms with Crippen molar-refractivity contribution in [3.05, 3.63) is 54.0 Å². The molecule has 5 nitrogen and oxygen atoms in total. The number of nitrogens with zero attached hydrogens (tertiary/aromatic N) is 2. The summed E-state index contributed by atoms with van der Waals surface area (Å²) in [6.07, 6.45) is 5.85. The molecule has 0 radical (unpaired) electrons. The van der Waals surface area contributed by atoms with Crippen molar-refractivity contribution < 1.29 is 4.79 Å². The van der Waals surface area contributed by atoms with E-state index in [-0.39, 0.29) is 5.91 Å². The van der Waals surface area contributed by atoms with Crippen LogP contribution in [0.25, 0.3) is 0 Å². The fourth-order valence-corrected chi connectivity index (χ4v) is 1.65. The lowest BCUT2D eigenvalue weighted by atomic mass is 10.2. The molecule has 2 N–H and O–H groups in total. The third kappa shape index (κ3) is 3.77. The van der Waals surface area contributed by atoms with Gasteiger partial charge in [-0.2, -0.15) is 0 Å². The van der Waals surface area contributed by atoms with Crippen molar-refractivity contribution in [3.63, 3.8) is 0 Å². The molecule has 98 valence electrons. The van der Waals surface area contributed by atoms with Crippen LogP contribution in [0.5, 0.6) is 0 Å². The maximum absolute atomic E-state index is 11.9. The molecule has 0 aliphatic heterocycles. The van der Waals surface area contributed by atoms with Gasteiger partial charge in [0.25, 0.3) is 5.91 Å². The number of carbonyl (C=O) groups is 1. The Kier molecular flexibility index (Phi) is 4.44. The zero-order valence-corrected chi connectivity index (χ0v) is 10.8. The lowest BCUT2D eigenvalue weighted by Crippen LogP contribution is -2.25. The van der Waals surface area contributed by atoms with Crippen LogP contribution in [0.4, 0.5) is 5.82 Å². The minimum absolute atomic E-state index is 0.107. The van der Waals surface area contributed by atoms with E-state index in [2.05, 4.69) is 20.6 Å². The number of rotatable bonds is 5. The van der Waals surface area contributed by atoms with Crippen LogP contribution in [-0.2, 0) is 6.42 Å². The average Bonchev–Trinajstić information content (AvgIpc) is 2.48. The third-order valence-corrected chi connectivity index (χ3v) is 2.73. The van der Waals surface area contributed by atoms with Gasteiger partial charge in [-0.1, -0.05) is 0 Å². The predicted molar refractivity (Wildman–Crippen MR) is 74.1 cm³/mol. The van der Waals surface area contributed by atoms with Crippen LogP contribution in [0, 0.1) is 0 Å². The molecule has 0 saturated heterocycles. The van der Waals surface area contributed by atoms with E-state index in [0.717, 1.165) is 17.8 Å². The Bertz CT molecular complexity index is 525. The Morgan fingerprint density at radius 1 is 1.21 bits per heavy atom. The van der Waals surface area contributed by atoms with Crippen molar-refractivity contribution in [2.24, 2.45) is 0 Å². The standard InChI is InChI=1S/C14H16N4O/c1-15-13-3-2-12(10-18-13)14(19)17-9-6-11-4-7-16-8-5-11/h2-5,7-8,10H,6,9H2,1H3,(H,15,18)(H,17,19). The lowest BCUT2D eigenvalue weighted by Gasteiger charge is -2.05. The van der Waals surface area contributed by atoms with Gasteiger partial charge in [0.1, 0.15) is 5.82 Å². The predicted octanol–water partition coefficient (Wildman–Crippen LogP) is 1.49. The first kappa shape index (κ1) is 13.0. The summed E-state index contributed by atoms with van der Waals surface area (Å²) >= 11 is 0. The molecule has 0 spiro atoms. The second-order valence-corrected chi connectivity index (χ2v) is 4.04. The van der Waals surface area contributed by atoms with E-state index in [9.17, 15) is 4.79 Å². The summed E-state index contributed by atoms with van der Waals surface area (Å²) < 4.78 is 0. The first-order valence-electron chi connectivity index (χ1n) is 6.10. The lowest BCUT2D eigenvalue weighted by molar-refractivity contribution is 0.0954. The van der Waals surface area contributed by atoms with Crippen molar-refractivity contribution in [1.29, 1.82) is 0 Å². The zero-order valence-electron chi connectivity index (χ0n) is 10.8. The number of anilines is 1. The SMILES string of the molecule is CNc1ccc(C(=O)NCCc2ccncc2)cn1. The highest BCUT2D eigenvalue weighted by Crippen LogP contribution is 2.04. The monoisotopic (exact) mass is 256 g/mol. The molecule has 5 heteroatoms. The first-order chi connectivity index (χ1) is 9.29. The Morgan fingerprint density at radius 2 is 2.00 bits per heavy atom. The van der Waals surface area contributed by atoms with Crippen LogP contribution in [0.3, 0.4) is 0 Å². The fourth-order valence-electron chi connectivity index (χ4n) is 1.65. The number of hydrogen-bond acceptors (Lipinski definition) is 4. The Balaban J connectivity index is 1.84. The van der Waals surface area contributed by atoms with Gasteiger partial charge in [-0.15, -0.1) is 0 Å². The molecule has 0 bridgehead atoms. The Labute approximate surface area is 112 Å². The molecule has 2 rings (SSSR count). The Morgan fingerprint density at radius 3 is 2.63 bits per heavy atom. The molecule has 2 aromatic heterocycles. The molecule has 1 amide bonds. The maximum atomic E-state index is 11.9. The highest BCUT2D eigenvalue weighted by molar-refractivity contribution is 5.94. The van der Waals surface area contributed by atoms with Gasteiger partial charge in [0.15, 0.2) is 0 Å². The number of pyridine rings is 2. The molecule has 19 heavy (non-hydrogen) atoms. The van der Waals surface area contributed by atoms with Crippen molar-refractivity contribution in [1.82, 2.24) is 15.3 Å². The van der Waals surface area contributed by atoms with Crippen molar-refractivity contribution >= 4 is 11.7 Å². The molecule has 0 aromatic carbocycles. The van der Waals surface area contributed by atoms with Crippen molar-refractivity contribution in [3.8, 4) is 0 Å². The highest BCUT2D eigenvalue weighted by atomic mass is 16.1. The molecule has 0 unspecified atom stereocenters. The quantitative estimate of drug-likeness (QED) is 0.850. The van der Waals surface area contributed by atoms with Gasteiger partial charge in [0.05, 0.1) is 5.56 Å². The highest BCUT2D eigenvalue weighted by Gasteiger charge is 2.05. The maximum Gasteiger partial charge on any atom is 0.252 e. The molecule has 2 aromatic rings. The number of carbonyl (C=O) groups excluding carboxylic acids is 1. The summed E-state index contributed by atoms with van der Waals surface area (Å²) in [7, 11) is 1.79. The molecular weight excluding hydrogens is 240 g/mol. The topological polar surface area (TPSA) is 66.9 Å². The van der Waals surface area contributed by atoms with Gasteiger partial charge in [-0.3, -0.25) is 9.78 Å². The van der Waals surface area contributed by atoms with E-state index < -0.39 is 0 Å². The summed E-state index contributed by atoms with van der Waals surface area (Å²) in [5.74, 6) is 0.637. The minimum atomic E-state index is -0.107. The minimum Gasteiger partial charge on any atom is -0.373 e. The first-order valence-corrected chi connectivity index (χ1v) is 6.10. The number of amides is 1. The zero-order chi connectivity index (χ0) is 13.5. The summed E-state index contributed by atoms with van der Waals surface area (Å²) in [4.78, 5) is 19.9. The molecule has 0 fully saturated rings. The summed E-state index contributed by atoms with van der Waals surface area (Å²) in [6, 6.07) is 7.41. The molecule has 0 aliphatic rings. The number of hydrogen-bond donors (Lipinski definition) is 2. The van der Waals surface area contributed by atoms with Gasteiger partial charge in [0.2, 0.25) is 0 Å². The van der Waals surface area contributed by atoms with Crippen LogP contribution in [0.1, 0.15) is 15.9 Å². The summed E-state index contributed by atoms with van der Waals surface area (Å²) in [6.45, 7) is 0.594. The number of nitrogens with one attached hydrogen (secondary N) is 2. The smallest absolute Gasteiger partial charge is 0.252 e. The van der Waals surface area contributed by atoms with Crippen molar-refractivity contribution in [2.45, 2.75) is 6.42 Å². The fraction of sp³-hybridized carbons (Fsp3) is 0.214. The summed E-state index contributed by atoms with van der Waals surface area (Å²) in [5, 5.41) is 5.77. The number of aromatic nitrogens is 2. The molecule has 0 aliphatic carbocycles. The van der Waals surface area contributed by atoms with Crippen LogP contribution >= 0.6 is 0 Å². The van der Waals surface area contributed by atoms with Gasteiger partial charge < -0.3 is 10.6 Å².